The van der Waals surface area contributed by atoms with Crippen LogP contribution in [0.1, 0.15) is 19.8 Å². The van der Waals surface area contributed by atoms with Crippen LogP contribution < -0.4 is 16.2 Å². The summed E-state index contributed by atoms with van der Waals surface area (Å²) in [6.07, 6.45) is 1.34. The van der Waals surface area contributed by atoms with E-state index >= 15 is 0 Å². The molecule has 6 nitrogen and oxygen atoms in total. The average Bonchev–Trinajstić information content (AvgIpc) is 2.34. The lowest BCUT2D eigenvalue weighted by atomic mass is 10.0. The van der Waals surface area contributed by atoms with Crippen LogP contribution in [0.5, 0.6) is 0 Å². The second-order valence-corrected chi connectivity index (χ2v) is 6.34. The summed E-state index contributed by atoms with van der Waals surface area (Å²) in [5.74, 6) is -0.837. The van der Waals surface area contributed by atoms with Crippen molar-refractivity contribution in [3.8, 4) is 0 Å². The largest absolute Gasteiger partial charge is 0.393 e. The van der Waals surface area contributed by atoms with Gasteiger partial charge in [-0.1, -0.05) is 25.6 Å². The molecule has 0 aliphatic carbocycles. The molecule has 0 heterocycles. The lowest BCUT2D eigenvalue weighted by molar-refractivity contribution is -0.118. The van der Waals surface area contributed by atoms with Gasteiger partial charge in [-0.3, -0.25) is 4.79 Å². The third-order valence-electron chi connectivity index (χ3n) is 2.69. The number of amides is 1. The molecule has 0 fully saturated rings. The summed E-state index contributed by atoms with van der Waals surface area (Å²) >= 11 is 4.87. The first kappa shape index (κ1) is 16.5. The molecule has 0 saturated carbocycles. The number of carbonyl (C=O) groups is 1. The van der Waals surface area contributed by atoms with Crippen molar-refractivity contribution in [2.75, 3.05) is 5.32 Å². The van der Waals surface area contributed by atoms with Crippen LogP contribution in [0.4, 0.5) is 5.69 Å². The molecule has 1 rings (SSSR count). The molecule has 20 heavy (non-hydrogen) atoms. The van der Waals surface area contributed by atoms with E-state index in [0.29, 0.717) is 12.1 Å². The molecule has 8 heteroatoms. The third kappa shape index (κ3) is 4.55. The first-order chi connectivity index (χ1) is 9.25. The molecule has 0 radical (unpaired) electrons. The summed E-state index contributed by atoms with van der Waals surface area (Å²) in [5, 5.41) is 7.63. The standard InChI is InChI=1S/C12H17N3O3S2/c1-2-3-10(11(13)19)12(16)15-8-4-6-9(7-5-8)20(14,17)18/h4-7,10H,2-3H2,1H3,(H2,13,19)(H,15,16)(H2,14,17,18). The van der Waals surface area contributed by atoms with Gasteiger partial charge < -0.3 is 11.1 Å². The van der Waals surface area contributed by atoms with Crippen LogP contribution in [-0.4, -0.2) is 19.3 Å². The Morgan fingerprint density at radius 2 is 1.90 bits per heavy atom. The average molecular weight is 315 g/mol. The van der Waals surface area contributed by atoms with Crippen molar-refractivity contribution in [3.05, 3.63) is 24.3 Å². The van der Waals surface area contributed by atoms with Gasteiger partial charge in [-0.2, -0.15) is 0 Å². The Hall–Kier alpha value is -1.51. The van der Waals surface area contributed by atoms with E-state index in [0.717, 1.165) is 6.42 Å². The van der Waals surface area contributed by atoms with E-state index in [1.54, 1.807) is 0 Å². The minimum absolute atomic E-state index is 0.0186. The number of primary sulfonamides is 1. The second kappa shape index (κ2) is 6.78. The Morgan fingerprint density at radius 1 is 1.35 bits per heavy atom. The normalized spacial score (nSPS) is 12.7. The number of sulfonamides is 1. The molecule has 5 N–H and O–H groups in total. The van der Waals surface area contributed by atoms with Crippen molar-refractivity contribution < 1.29 is 13.2 Å². The van der Waals surface area contributed by atoms with E-state index in [-0.39, 0.29) is 15.8 Å². The Kier molecular flexibility index (Phi) is 5.61. The van der Waals surface area contributed by atoms with Gasteiger partial charge in [0.2, 0.25) is 15.9 Å². The number of nitrogens with two attached hydrogens (primary N) is 2. The van der Waals surface area contributed by atoms with Gasteiger partial charge in [-0.25, -0.2) is 13.6 Å². The molecule has 1 unspecified atom stereocenters. The zero-order chi connectivity index (χ0) is 15.3. The van der Waals surface area contributed by atoms with Crippen molar-refractivity contribution in [2.45, 2.75) is 24.7 Å². The Balaban J connectivity index is 2.83. The van der Waals surface area contributed by atoms with Crippen LogP contribution in [0, 0.1) is 5.92 Å². The summed E-state index contributed by atoms with van der Waals surface area (Å²) in [6, 6.07) is 5.56. The zero-order valence-electron chi connectivity index (χ0n) is 11.0. The second-order valence-electron chi connectivity index (χ2n) is 4.30. The minimum Gasteiger partial charge on any atom is -0.393 e. The Bertz CT molecular complexity index is 597. The lowest BCUT2D eigenvalue weighted by Crippen LogP contribution is -2.33. The number of nitrogens with one attached hydrogen (secondary N) is 1. The molecule has 0 aliphatic rings. The molecule has 0 bridgehead atoms. The summed E-state index contributed by atoms with van der Waals surface area (Å²) in [6.45, 7) is 1.93. The predicted octanol–water partition coefficient (Wildman–Crippen LogP) is 0.975. The Morgan fingerprint density at radius 3 is 2.30 bits per heavy atom. The number of hydrogen-bond acceptors (Lipinski definition) is 4. The number of anilines is 1. The third-order valence-corrected chi connectivity index (χ3v) is 3.90. The molecule has 1 atom stereocenters. The van der Waals surface area contributed by atoms with Gasteiger partial charge in [0.15, 0.2) is 0 Å². The maximum atomic E-state index is 12.0. The van der Waals surface area contributed by atoms with E-state index in [4.69, 9.17) is 23.1 Å². The molecule has 1 aromatic rings. The quantitative estimate of drug-likeness (QED) is 0.677. The van der Waals surface area contributed by atoms with Gasteiger partial charge in [0.1, 0.15) is 0 Å². The van der Waals surface area contributed by atoms with Crippen molar-refractivity contribution in [1.82, 2.24) is 0 Å². The minimum atomic E-state index is -3.74. The van der Waals surface area contributed by atoms with Crippen LogP contribution in [0.3, 0.4) is 0 Å². The fourth-order valence-electron chi connectivity index (χ4n) is 1.65. The lowest BCUT2D eigenvalue weighted by Gasteiger charge is -2.14. The van der Waals surface area contributed by atoms with Crippen molar-refractivity contribution in [1.29, 1.82) is 0 Å². The van der Waals surface area contributed by atoms with Gasteiger partial charge >= 0.3 is 0 Å². The highest BCUT2D eigenvalue weighted by molar-refractivity contribution is 7.89. The van der Waals surface area contributed by atoms with E-state index in [2.05, 4.69) is 5.32 Å². The molecule has 0 aliphatic heterocycles. The van der Waals surface area contributed by atoms with Crippen LogP contribution in [0.15, 0.2) is 29.2 Å². The highest BCUT2D eigenvalue weighted by Gasteiger charge is 2.20. The van der Waals surface area contributed by atoms with E-state index < -0.39 is 15.9 Å². The fourth-order valence-corrected chi connectivity index (χ4v) is 2.39. The highest BCUT2D eigenvalue weighted by Crippen LogP contribution is 2.15. The van der Waals surface area contributed by atoms with Crippen molar-refractivity contribution in [3.63, 3.8) is 0 Å². The predicted molar refractivity (Wildman–Crippen MR) is 81.6 cm³/mol. The molecule has 110 valence electrons. The number of carbonyl (C=O) groups excluding carboxylic acids is 1. The van der Waals surface area contributed by atoms with Crippen molar-refractivity contribution >= 4 is 38.8 Å². The van der Waals surface area contributed by atoms with Crippen LogP contribution in [0.2, 0.25) is 0 Å². The molecule has 1 aromatic carbocycles. The molecular weight excluding hydrogens is 298 g/mol. The SMILES string of the molecule is CCCC(C(=O)Nc1ccc(S(N)(=O)=O)cc1)C(N)=S. The summed E-state index contributed by atoms with van der Waals surface area (Å²) in [7, 11) is -3.74. The zero-order valence-corrected chi connectivity index (χ0v) is 12.6. The first-order valence-corrected chi connectivity index (χ1v) is 7.94. The smallest absolute Gasteiger partial charge is 0.238 e. The fraction of sp³-hybridized carbons (Fsp3) is 0.333. The van der Waals surface area contributed by atoms with Crippen molar-refractivity contribution in [2.24, 2.45) is 16.8 Å². The van der Waals surface area contributed by atoms with Crippen LogP contribution >= 0.6 is 12.2 Å². The molecule has 0 saturated heterocycles. The molecule has 0 aromatic heterocycles. The maximum absolute atomic E-state index is 12.0. The maximum Gasteiger partial charge on any atom is 0.238 e. The molecule has 1 amide bonds. The van der Waals surface area contributed by atoms with E-state index in [1.165, 1.54) is 24.3 Å². The van der Waals surface area contributed by atoms with E-state index in [1.807, 2.05) is 6.92 Å². The van der Waals surface area contributed by atoms with Crippen LogP contribution in [0.25, 0.3) is 0 Å². The molecular formula is C12H17N3O3S2. The highest BCUT2D eigenvalue weighted by atomic mass is 32.2. The molecule has 0 spiro atoms. The van der Waals surface area contributed by atoms with Gasteiger partial charge in [0.25, 0.3) is 0 Å². The first-order valence-electron chi connectivity index (χ1n) is 5.98. The summed E-state index contributed by atoms with van der Waals surface area (Å²) in [5.41, 5.74) is 5.99. The van der Waals surface area contributed by atoms with Gasteiger partial charge in [-0.05, 0) is 30.7 Å². The monoisotopic (exact) mass is 315 g/mol. The topological polar surface area (TPSA) is 115 Å². The summed E-state index contributed by atoms with van der Waals surface area (Å²) < 4.78 is 22.2. The summed E-state index contributed by atoms with van der Waals surface area (Å²) in [4.78, 5) is 12.1. The van der Waals surface area contributed by atoms with Gasteiger partial charge in [0.05, 0.1) is 15.8 Å². The Labute approximate surface area is 123 Å². The number of hydrogen-bond donors (Lipinski definition) is 3. The van der Waals surface area contributed by atoms with E-state index in [9.17, 15) is 13.2 Å². The van der Waals surface area contributed by atoms with Gasteiger partial charge in [-0.15, -0.1) is 0 Å². The van der Waals surface area contributed by atoms with Gasteiger partial charge in [0, 0.05) is 5.69 Å². The number of thiocarbonyl (C=S) groups is 1. The number of benzene rings is 1. The number of rotatable bonds is 6. The van der Waals surface area contributed by atoms with Crippen LogP contribution in [-0.2, 0) is 14.8 Å².